The molecule has 6 nitrogen and oxygen atoms in total. The van der Waals surface area contributed by atoms with E-state index in [1.54, 1.807) is 0 Å². The molecule has 0 radical (unpaired) electrons. The second-order valence-corrected chi connectivity index (χ2v) is 23.4. The van der Waals surface area contributed by atoms with Gasteiger partial charge in [0.05, 0.1) is 0 Å². The number of hydrogen-bond acceptors (Lipinski definition) is 6. The first kappa shape index (κ1) is 79.1. The molecule has 0 amide bonds. The first-order valence-corrected chi connectivity index (χ1v) is 35.4. The Morgan fingerprint density at radius 2 is 0.470 bits per heavy atom. The largest absolute Gasteiger partial charge is 0.462 e. The maximum absolute atomic E-state index is 12.9. The molecule has 0 N–H and O–H groups in total. The fraction of sp³-hybridized carbons (Fsp3) is 0.727. The molecular formula is C77H132O6. The fourth-order valence-electron chi connectivity index (χ4n) is 9.94. The lowest BCUT2D eigenvalue weighted by Crippen LogP contribution is -2.30. The molecule has 1 unspecified atom stereocenters. The third-order valence-corrected chi connectivity index (χ3v) is 15.2. The van der Waals surface area contributed by atoms with Gasteiger partial charge in [0.2, 0.25) is 0 Å². The molecular weight excluding hydrogens is 1020 g/mol. The number of rotatable bonds is 64. The van der Waals surface area contributed by atoms with Crippen molar-refractivity contribution in [3.05, 3.63) is 109 Å². The minimum Gasteiger partial charge on any atom is -0.462 e. The summed E-state index contributed by atoms with van der Waals surface area (Å²) in [5, 5.41) is 0. The van der Waals surface area contributed by atoms with E-state index < -0.39 is 6.10 Å². The molecule has 0 saturated carbocycles. The van der Waals surface area contributed by atoms with Crippen molar-refractivity contribution in [2.24, 2.45) is 0 Å². The molecule has 476 valence electrons. The number of carbonyl (C=O) groups is 3. The van der Waals surface area contributed by atoms with Crippen molar-refractivity contribution in [1.29, 1.82) is 0 Å². The van der Waals surface area contributed by atoms with Gasteiger partial charge < -0.3 is 14.2 Å². The van der Waals surface area contributed by atoms with Crippen LogP contribution < -0.4 is 0 Å². The van der Waals surface area contributed by atoms with Gasteiger partial charge in [0.1, 0.15) is 13.2 Å². The molecule has 0 rings (SSSR count). The average Bonchev–Trinajstić information content (AvgIpc) is 3.49. The predicted octanol–water partition coefficient (Wildman–Crippen LogP) is 24.6. The van der Waals surface area contributed by atoms with Crippen LogP contribution in [0, 0.1) is 0 Å². The SMILES string of the molecule is CC/C=C\C/C=C\C/C=C\C/C=C\C/C=C\C/C=C\CCCCCCCCCCCCCCC(=O)OCC(COC(=O)CCCCCCC/C=C\CCCCCC)OC(=O)CCCCCCCCCCC/C=C\C/C=C\CCCCCCC. The Morgan fingerprint density at radius 3 is 0.759 bits per heavy atom. The minimum absolute atomic E-state index is 0.0819. The molecule has 0 saturated heterocycles. The normalized spacial score (nSPS) is 12.8. The van der Waals surface area contributed by atoms with E-state index >= 15 is 0 Å². The molecule has 0 fully saturated rings. The van der Waals surface area contributed by atoms with Crippen molar-refractivity contribution < 1.29 is 28.6 Å². The van der Waals surface area contributed by atoms with Crippen molar-refractivity contribution in [2.45, 2.75) is 348 Å². The summed E-state index contributed by atoms with van der Waals surface area (Å²) in [6, 6.07) is 0. The van der Waals surface area contributed by atoms with Crippen molar-refractivity contribution in [2.75, 3.05) is 13.2 Å². The zero-order chi connectivity index (χ0) is 59.9. The summed E-state index contributed by atoms with van der Waals surface area (Å²) in [6.07, 6.45) is 96.8. The Morgan fingerprint density at radius 1 is 0.253 bits per heavy atom. The smallest absolute Gasteiger partial charge is 0.306 e. The lowest BCUT2D eigenvalue weighted by atomic mass is 10.0. The van der Waals surface area contributed by atoms with Crippen molar-refractivity contribution >= 4 is 17.9 Å². The van der Waals surface area contributed by atoms with Crippen LogP contribution in [0.4, 0.5) is 0 Å². The summed E-state index contributed by atoms with van der Waals surface area (Å²) < 4.78 is 17.0. The molecule has 6 heteroatoms. The summed E-state index contributed by atoms with van der Waals surface area (Å²) in [5.41, 5.74) is 0. The average molecular weight is 1150 g/mol. The minimum atomic E-state index is -0.786. The number of unbranched alkanes of at least 4 members (excludes halogenated alkanes) is 35. The first-order valence-electron chi connectivity index (χ1n) is 35.4. The van der Waals surface area contributed by atoms with Gasteiger partial charge in [-0.05, 0) is 128 Å². The van der Waals surface area contributed by atoms with Crippen LogP contribution in [0.1, 0.15) is 342 Å². The Labute approximate surface area is 514 Å². The molecule has 0 aliphatic rings. The first-order chi connectivity index (χ1) is 41.0. The van der Waals surface area contributed by atoms with Crippen molar-refractivity contribution in [3.8, 4) is 0 Å². The fourth-order valence-corrected chi connectivity index (χ4v) is 9.94. The molecule has 1 atom stereocenters. The van der Waals surface area contributed by atoms with Crippen LogP contribution in [0.15, 0.2) is 109 Å². The van der Waals surface area contributed by atoms with E-state index in [1.165, 1.54) is 193 Å². The summed E-state index contributed by atoms with van der Waals surface area (Å²) in [5.74, 6) is -0.884. The van der Waals surface area contributed by atoms with Gasteiger partial charge in [0, 0.05) is 19.3 Å². The van der Waals surface area contributed by atoms with Gasteiger partial charge in [-0.3, -0.25) is 14.4 Å². The zero-order valence-corrected chi connectivity index (χ0v) is 54.7. The van der Waals surface area contributed by atoms with Crippen LogP contribution in [0.25, 0.3) is 0 Å². The molecule has 0 bridgehead atoms. The van der Waals surface area contributed by atoms with E-state index in [1.807, 2.05) is 0 Å². The van der Waals surface area contributed by atoms with E-state index in [0.29, 0.717) is 19.3 Å². The van der Waals surface area contributed by atoms with E-state index in [0.717, 1.165) is 109 Å². The molecule has 0 aromatic carbocycles. The van der Waals surface area contributed by atoms with E-state index in [2.05, 4.69) is 130 Å². The lowest BCUT2D eigenvalue weighted by molar-refractivity contribution is -0.167. The van der Waals surface area contributed by atoms with E-state index in [-0.39, 0.29) is 31.1 Å². The quantitative estimate of drug-likeness (QED) is 0.0261. The predicted molar refractivity (Wildman–Crippen MR) is 362 cm³/mol. The summed E-state index contributed by atoms with van der Waals surface area (Å²) >= 11 is 0. The highest BCUT2D eigenvalue weighted by Crippen LogP contribution is 2.17. The molecule has 0 heterocycles. The lowest BCUT2D eigenvalue weighted by Gasteiger charge is -2.18. The second-order valence-electron chi connectivity index (χ2n) is 23.4. The van der Waals surface area contributed by atoms with Gasteiger partial charge in [-0.15, -0.1) is 0 Å². The highest BCUT2D eigenvalue weighted by Gasteiger charge is 2.19. The van der Waals surface area contributed by atoms with Gasteiger partial charge in [-0.1, -0.05) is 304 Å². The van der Waals surface area contributed by atoms with Gasteiger partial charge >= 0.3 is 17.9 Å². The van der Waals surface area contributed by atoms with Crippen LogP contribution >= 0.6 is 0 Å². The van der Waals surface area contributed by atoms with Crippen LogP contribution in [-0.4, -0.2) is 37.2 Å². The van der Waals surface area contributed by atoms with Crippen LogP contribution in [-0.2, 0) is 28.6 Å². The third-order valence-electron chi connectivity index (χ3n) is 15.2. The third kappa shape index (κ3) is 68.7. The number of esters is 3. The zero-order valence-electron chi connectivity index (χ0n) is 54.7. The Kier molecular flexibility index (Phi) is 67.2. The topological polar surface area (TPSA) is 78.9 Å². The maximum Gasteiger partial charge on any atom is 0.306 e. The maximum atomic E-state index is 12.9. The van der Waals surface area contributed by atoms with Crippen molar-refractivity contribution in [3.63, 3.8) is 0 Å². The highest BCUT2D eigenvalue weighted by atomic mass is 16.6. The van der Waals surface area contributed by atoms with Crippen molar-refractivity contribution in [1.82, 2.24) is 0 Å². The molecule has 0 aromatic rings. The van der Waals surface area contributed by atoms with Crippen LogP contribution in [0.2, 0.25) is 0 Å². The summed E-state index contributed by atoms with van der Waals surface area (Å²) in [6.45, 7) is 6.52. The van der Waals surface area contributed by atoms with E-state index in [4.69, 9.17) is 14.2 Å². The van der Waals surface area contributed by atoms with Gasteiger partial charge in [0.25, 0.3) is 0 Å². The number of hydrogen-bond donors (Lipinski definition) is 0. The Hall–Kier alpha value is -3.93. The molecule has 0 aliphatic heterocycles. The molecule has 83 heavy (non-hydrogen) atoms. The van der Waals surface area contributed by atoms with Gasteiger partial charge in [-0.2, -0.15) is 0 Å². The Bertz CT molecular complexity index is 1660. The molecule has 0 aliphatic carbocycles. The van der Waals surface area contributed by atoms with Crippen LogP contribution in [0.5, 0.6) is 0 Å². The van der Waals surface area contributed by atoms with Gasteiger partial charge in [0.15, 0.2) is 6.10 Å². The number of ether oxygens (including phenoxy) is 3. The number of carbonyl (C=O) groups excluding carboxylic acids is 3. The molecule has 0 aromatic heterocycles. The van der Waals surface area contributed by atoms with Gasteiger partial charge in [-0.25, -0.2) is 0 Å². The molecule has 0 spiro atoms. The highest BCUT2D eigenvalue weighted by molar-refractivity contribution is 5.71. The van der Waals surface area contributed by atoms with E-state index in [9.17, 15) is 14.4 Å². The summed E-state index contributed by atoms with van der Waals surface area (Å²) in [4.78, 5) is 38.4. The standard InChI is InChI=1S/C77H132O6/c1-4-7-10-13-16-19-22-25-27-29-31-33-34-35-36-37-38-39-40-41-42-44-45-47-49-52-55-58-61-64-67-70-76(79)82-73-74(72-81-75(78)69-66-63-60-57-54-51-24-21-18-15-12-9-6-3)83-77(80)71-68-65-62-59-56-53-50-48-46-43-32-30-28-26-23-20-17-14-11-8-5-2/h7,10,16,19,21,23-27,30-33,35-36,38-39,74H,4-6,8-9,11-15,17-18,20,22,28-29,34,37,40-73H2,1-3H3/b10-7-,19-16-,24-21-,26-23-,27-25-,32-30-,33-31-,36-35-,39-38-. The monoisotopic (exact) mass is 1150 g/mol. The summed E-state index contributed by atoms with van der Waals surface area (Å²) in [7, 11) is 0. The Balaban J connectivity index is 4.27. The second kappa shape index (κ2) is 70.6. The van der Waals surface area contributed by atoms with Crippen LogP contribution in [0.3, 0.4) is 0 Å². The number of allylic oxidation sites excluding steroid dienone is 18.